The predicted molar refractivity (Wildman–Crippen MR) is 87.9 cm³/mol. The lowest BCUT2D eigenvalue weighted by molar-refractivity contribution is -0.130. The van der Waals surface area contributed by atoms with Gasteiger partial charge in [0.15, 0.2) is 0 Å². The molecule has 122 valence electrons. The second kappa shape index (κ2) is 6.48. The van der Waals surface area contributed by atoms with Crippen molar-refractivity contribution in [2.75, 3.05) is 13.1 Å². The molecule has 6 heteroatoms. The normalized spacial score (nSPS) is 18.2. The van der Waals surface area contributed by atoms with E-state index in [0.717, 1.165) is 48.8 Å². The topological polar surface area (TPSA) is 63.9 Å². The van der Waals surface area contributed by atoms with E-state index in [-0.39, 0.29) is 11.8 Å². The molecule has 1 atom stereocenters. The van der Waals surface area contributed by atoms with E-state index >= 15 is 0 Å². The average Bonchev–Trinajstić information content (AvgIpc) is 3.03. The molecule has 3 rings (SSSR count). The molecular weight excluding hydrogens is 290 g/mol. The Kier molecular flexibility index (Phi) is 4.41. The fraction of sp³-hybridized carbons (Fsp3) is 0.529. The van der Waals surface area contributed by atoms with Crippen LogP contribution in [-0.2, 0) is 11.3 Å². The van der Waals surface area contributed by atoms with Gasteiger partial charge in [0.25, 0.3) is 0 Å². The van der Waals surface area contributed by atoms with E-state index < -0.39 is 0 Å². The van der Waals surface area contributed by atoms with Crippen LogP contribution in [0.4, 0.5) is 0 Å². The largest absolute Gasteiger partial charge is 0.342 e. The Bertz CT molecular complexity index is 709. The summed E-state index contributed by atoms with van der Waals surface area (Å²) < 4.78 is 1.94. The minimum atomic E-state index is 0.131. The van der Waals surface area contributed by atoms with Crippen LogP contribution in [0.15, 0.2) is 18.3 Å². The zero-order chi connectivity index (χ0) is 16.4. The summed E-state index contributed by atoms with van der Waals surface area (Å²) >= 11 is 0. The van der Waals surface area contributed by atoms with E-state index in [1.165, 1.54) is 0 Å². The number of nitrogens with zero attached hydrogens (tertiary/aromatic N) is 5. The lowest BCUT2D eigenvalue weighted by atomic mass is 9.97. The molecular formula is C17H23N5O. The molecule has 23 heavy (non-hydrogen) atoms. The smallest absolute Gasteiger partial charge is 0.219 e. The summed E-state index contributed by atoms with van der Waals surface area (Å²) in [5, 5.41) is 4.32. The quantitative estimate of drug-likeness (QED) is 0.873. The summed E-state index contributed by atoms with van der Waals surface area (Å²) in [4.78, 5) is 23.0. The molecule has 0 saturated carbocycles. The number of carbonyl (C=O) groups excluding carboxylic acids is 1. The second-order valence-corrected chi connectivity index (χ2v) is 6.09. The van der Waals surface area contributed by atoms with Gasteiger partial charge in [-0.1, -0.05) is 0 Å². The summed E-state index contributed by atoms with van der Waals surface area (Å²) in [7, 11) is 0. The summed E-state index contributed by atoms with van der Waals surface area (Å²) in [5.41, 5.74) is 2.87. The number of hydrogen-bond acceptors (Lipinski definition) is 4. The van der Waals surface area contributed by atoms with Crippen molar-refractivity contribution in [2.24, 2.45) is 0 Å². The van der Waals surface area contributed by atoms with Crippen LogP contribution in [0.1, 0.15) is 44.1 Å². The molecule has 6 nitrogen and oxygen atoms in total. The van der Waals surface area contributed by atoms with Gasteiger partial charge < -0.3 is 4.90 Å². The molecule has 2 aromatic heterocycles. The van der Waals surface area contributed by atoms with Crippen LogP contribution in [-0.4, -0.2) is 43.6 Å². The second-order valence-electron chi connectivity index (χ2n) is 6.09. The first-order valence-electron chi connectivity index (χ1n) is 8.21. The molecule has 0 unspecified atom stereocenters. The van der Waals surface area contributed by atoms with Crippen molar-refractivity contribution in [3.05, 3.63) is 29.8 Å². The summed E-state index contributed by atoms with van der Waals surface area (Å²) in [6.07, 6.45) is 3.83. The van der Waals surface area contributed by atoms with Gasteiger partial charge >= 0.3 is 0 Å². The minimum Gasteiger partial charge on any atom is -0.342 e. The van der Waals surface area contributed by atoms with Crippen LogP contribution in [0.5, 0.6) is 0 Å². The highest BCUT2D eigenvalue weighted by Crippen LogP contribution is 2.27. The van der Waals surface area contributed by atoms with E-state index in [4.69, 9.17) is 4.98 Å². The van der Waals surface area contributed by atoms with Crippen LogP contribution < -0.4 is 0 Å². The number of amides is 1. The van der Waals surface area contributed by atoms with E-state index in [9.17, 15) is 4.79 Å². The third-order valence-electron chi connectivity index (χ3n) is 4.38. The summed E-state index contributed by atoms with van der Waals surface area (Å²) in [6.45, 7) is 8.05. The molecule has 0 spiro atoms. The molecule has 0 aromatic carbocycles. The SMILES string of the molecule is CCn1nccc1-c1cc(C)nc([C@@H]2CCCN(C(C)=O)C2)n1. The molecule has 0 N–H and O–H groups in total. The van der Waals surface area contributed by atoms with E-state index in [1.807, 2.05) is 28.6 Å². The molecule has 0 radical (unpaired) electrons. The van der Waals surface area contributed by atoms with Gasteiger partial charge in [-0.2, -0.15) is 5.10 Å². The average molecular weight is 313 g/mol. The third kappa shape index (κ3) is 3.25. The van der Waals surface area contributed by atoms with Crippen molar-refractivity contribution in [2.45, 2.75) is 46.1 Å². The van der Waals surface area contributed by atoms with Gasteiger partial charge in [0.2, 0.25) is 5.91 Å². The van der Waals surface area contributed by atoms with Crippen molar-refractivity contribution in [3.63, 3.8) is 0 Å². The first-order chi connectivity index (χ1) is 11.1. The van der Waals surface area contributed by atoms with Gasteiger partial charge in [-0.25, -0.2) is 9.97 Å². The fourth-order valence-corrected chi connectivity index (χ4v) is 3.18. The highest BCUT2D eigenvalue weighted by Gasteiger charge is 2.25. The molecule has 1 amide bonds. The van der Waals surface area contributed by atoms with Crippen molar-refractivity contribution < 1.29 is 4.79 Å². The van der Waals surface area contributed by atoms with Gasteiger partial charge in [0, 0.05) is 44.4 Å². The zero-order valence-electron chi connectivity index (χ0n) is 14.0. The summed E-state index contributed by atoms with van der Waals surface area (Å²) in [5.74, 6) is 1.19. The highest BCUT2D eigenvalue weighted by molar-refractivity contribution is 5.73. The molecule has 1 aliphatic heterocycles. The first-order valence-corrected chi connectivity index (χ1v) is 8.21. The number of carbonyl (C=O) groups is 1. The molecule has 0 bridgehead atoms. The molecule has 1 saturated heterocycles. The minimum absolute atomic E-state index is 0.131. The van der Waals surface area contributed by atoms with E-state index in [1.54, 1.807) is 13.1 Å². The number of hydrogen-bond donors (Lipinski definition) is 0. The van der Waals surface area contributed by atoms with E-state index in [0.29, 0.717) is 6.54 Å². The van der Waals surface area contributed by atoms with Gasteiger partial charge in [-0.05, 0) is 38.8 Å². The highest BCUT2D eigenvalue weighted by atomic mass is 16.2. The van der Waals surface area contributed by atoms with Crippen molar-refractivity contribution in [1.82, 2.24) is 24.6 Å². The lowest BCUT2D eigenvalue weighted by Gasteiger charge is -2.31. The molecule has 0 aliphatic carbocycles. The van der Waals surface area contributed by atoms with Crippen molar-refractivity contribution >= 4 is 5.91 Å². The number of aryl methyl sites for hydroxylation is 2. The van der Waals surface area contributed by atoms with Crippen LogP contribution in [0.25, 0.3) is 11.4 Å². The fourth-order valence-electron chi connectivity index (χ4n) is 3.18. The third-order valence-corrected chi connectivity index (χ3v) is 4.38. The van der Waals surface area contributed by atoms with Gasteiger partial charge in [-0.15, -0.1) is 0 Å². The number of piperidine rings is 1. The Morgan fingerprint density at radius 3 is 2.96 bits per heavy atom. The predicted octanol–water partition coefficient (Wildman–Crippen LogP) is 2.39. The van der Waals surface area contributed by atoms with Crippen molar-refractivity contribution in [1.29, 1.82) is 0 Å². The Morgan fingerprint density at radius 1 is 1.39 bits per heavy atom. The van der Waals surface area contributed by atoms with Crippen LogP contribution >= 0.6 is 0 Å². The number of aromatic nitrogens is 4. The molecule has 2 aromatic rings. The van der Waals surface area contributed by atoms with E-state index in [2.05, 4.69) is 17.0 Å². The molecule has 3 heterocycles. The van der Waals surface area contributed by atoms with Gasteiger partial charge in [-0.3, -0.25) is 9.48 Å². The summed E-state index contributed by atoms with van der Waals surface area (Å²) in [6, 6.07) is 3.98. The van der Waals surface area contributed by atoms with Gasteiger partial charge in [0.05, 0.1) is 11.4 Å². The maximum Gasteiger partial charge on any atom is 0.219 e. The lowest BCUT2D eigenvalue weighted by Crippen LogP contribution is -2.38. The Labute approximate surface area is 136 Å². The monoisotopic (exact) mass is 313 g/mol. The number of likely N-dealkylation sites (tertiary alicyclic amines) is 1. The first kappa shape index (κ1) is 15.6. The zero-order valence-corrected chi connectivity index (χ0v) is 14.0. The van der Waals surface area contributed by atoms with Gasteiger partial charge in [0.1, 0.15) is 5.82 Å². The number of rotatable bonds is 3. The maximum absolute atomic E-state index is 11.7. The van der Waals surface area contributed by atoms with Crippen LogP contribution in [0, 0.1) is 6.92 Å². The van der Waals surface area contributed by atoms with Crippen LogP contribution in [0.3, 0.4) is 0 Å². The maximum atomic E-state index is 11.7. The van der Waals surface area contributed by atoms with Crippen LogP contribution in [0.2, 0.25) is 0 Å². The van der Waals surface area contributed by atoms with Crippen molar-refractivity contribution in [3.8, 4) is 11.4 Å². The standard InChI is InChI=1S/C17H23N5O/c1-4-22-16(7-8-18-22)15-10-12(2)19-17(20-15)14-6-5-9-21(11-14)13(3)23/h7-8,10,14H,4-6,9,11H2,1-3H3/t14-/m1/s1. The Morgan fingerprint density at radius 2 is 2.22 bits per heavy atom. The Balaban J connectivity index is 1.93. The Hall–Kier alpha value is -2.24. The molecule has 1 aliphatic rings. The molecule has 1 fully saturated rings.